The first-order chi connectivity index (χ1) is 7.60. The van der Waals surface area contributed by atoms with Crippen LogP contribution in [-0.2, 0) is 9.53 Å². The number of benzene rings is 1. The van der Waals surface area contributed by atoms with Crippen LogP contribution in [0.4, 0.5) is 4.39 Å². The summed E-state index contributed by atoms with van der Waals surface area (Å²) in [4.78, 5) is 11.0. The fraction of sp³-hybridized carbons (Fsp3) is 0.273. The maximum absolute atomic E-state index is 13.5. The number of ether oxygens (including phenoxy) is 1. The van der Waals surface area contributed by atoms with Crippen LogP contribution in [0, 0.1) is 17.1 Å². The fourth-order valence-electron chi connectivity index (χ4n) is 1.31. The maximum atomic E-state index is 13.5. The quantitative estimate of drug-likeness (QED) is 0.765. The minimum atomic E-state index is -0.929. The Balaban J connectivity index is 3.05. The van der Waals surface area contributed by atoms with E-state index in [-0.39, 0.29) is 17.0 Å². The molecule has 0 spiro atoms. The summed E-state index contributed by atoms with van der Waals surface area (Å²) in [6.45, 7) is 0. The van der Waals surface area contributed by atoms with E-state index in [0.29, 0.717) is 0 Å². The van der Waals surface area contributed by atoms with Gasteiger partial charge in [-0.25, -0.2) is 4.39 Å². The van der Waals surface area contributed by atoms with Crippen molar-refractivity contribution in [1.29, 1.82) is 5.26 Å². The van der Waals surface area contributed by atoms with Crippen LogP contribution in [0.2, 0.25) is 5.02 Å². The van der Waals surface area contributed by atoms with Crippen molar-refractivity contribution in [2.75, 3.05) is 7.11 Å². The highest BCUT2D eigenvalue weighted by Gasteiger charge is 2.21. The standard InChI is InChI=1S/C11H9ClFNO2/c1-16-10(15)5-7(6-14)11-8(12)3-2-4-9(11)13/h2-4,7H,5H2,1H3. The summed E-state index contributed by atoms with van der Waals surface area (Å²) in [5.41, 5.74) is 0.0390. The van der Waals surface area contributed by atoms with Crippen LogP contribution in [0.25, 0.3) is 0 Å². The average molecular weight is 242 g/mol. The molecular weight excluding hydrogens is 233 g/mol. The molecule has 1 rings (SSSR count). The van der Waals surface area contributed by atoms with Gasteiger partial charge in [0.1, 0.15) is 5.82 Å². The Morgan fingerprint density at radius 2 is 2.38 bits per heavy atom. The lowest BCUT2D eigenvalue weighted by Crippen LogP contribution is -2.09. The molecule has 0 aromatic heterocycles. The van der Waals surface area contributed by atoms with Gasteiger partial charge in [-0.3, -0.25) is 4.79 Å². The Morgan fingerprint density at radius 1 is 1.69 bits per heavy atom. The second-order valence-corrected chi connectivity index (χ2v) is 3.50. The van der Waals surface area contributed by atoms with Gasteiger partial charge >= 0.3 is 5.97 Å². The van der Waals surface area contributed by atoms with Gasteiger partial charge in [0.15, 0.2) is 0 Å². The molecule has 1 unspecified atom stereocenters. The van der Waals surface area contributed by atoms with Crippen LogP contribution in [0.3, 0.4) is 0 Å². The molecule has 0 aliphatic rings. The van der Waals surface area contributed by atoms with E-state index in [9.17, 15) is 9.18 Å². The van der Waals surface area contributed by atoms with E-state index < -0.39 is 17.7 Å². The molecular formula is C11H9ClFNO2. The third-order valence-corrected chi connectivity index (χ3v) is 2.43. The summed E-state index contributed by atoms with van der Waals surface area (Å²) in [6, 6.07) is 5.95. The lowest BCUT2D eigenvalue weighted by molar-refractivity contribution is -0.140. The van der Waals surface area contributed by atoms with Gasteiger partial charge in [0.25, 0.3) is 0 Å². The Bertz CT molecular complexity index is 422. The highest BCUT2D eigenvalue weighted by Crippen LogP contribution is 2.29. The topological polar surface area (TPSA) is 50.1 Å². The first-order valence-electron chi connectivity index (χ1n) is 4.50. The second kappa shape index (κ2) is 5.47. The normalized spacial score (nSPS) is 11.6. The summed E-state index contributed by atoms with van der Waals surface area (Å²) in [5, 5.41) is 9.02. The lowest BCUT2D eigenvalue weighted by atomic mass is 9.96. The van der Waals surface area contributed by atoms with E-state index in [1.807, 2.05) is 6.07 Å². The number of nitriles is 1. The predicted molar refractivity (Wildman–Crippen MR) is 56.4 cm³/mol. The highest BCUT2D eigenvalue weighted by atomic mass is 35.5. The molecule has 0 bridgehead atoms. The molecule has 3 nitrogen and oxygen atoms in total. The van der Waals surface area contributed by atoms with Crippen molar-refractivity contribution in [3.63, 3.8) is 0 Å². The SMILES string of the molecule is COC(=O)CC(C#N)c1c(F)cccc1Cl. The number of halogens is 2. The van der Waals surface area contributed by atoms with Crippen molar-refractivity contribution >= 4 is 17.6 Å². The Morgan fingerprint density at radius 3 is 2.88 bits per heavy atom. The molecule has 0 N–H and O–H groups in total. The molecule has 0 heterocycles. The smallest absolute Gasteiger partial charge is 0.307 e. The minimum Gasteiger partial charge on any atom is -0.469 e. The third kappa shape index (κ3) is 2.71. The predicted octanol–water partition coefficient (Wildman–Crippen LogP) is 2.65. The molecule has 5 heteroatoms. The van der Waals surface area contributed by atoms with E-state index >= 15 is 0 Å². The van der Waals surface area contributed by atoms with Gasteiger partial charge < -0.3 is 4.74 Å². The van der Waals surface area contributed by atoms with Crippen LogP contribution in [0.15, 0.2) is 18.2 Å². The largest absolute Gasteiger partial charge is 0.469 e. The van der Waals surface area contributed by atoms with Crippen LogP contribution in [0.1, 0.15) is 17.9 Å². The van der Waals surface area contributed by atoms with E-state index in [0.717, 1.165) is 0 Å². The highest BCUT2D eigenvalue weighted by molar-refractivity contribution is 6.31. The molecule has 0 radical (unpaired) electrons. The number of esters is 1. The van der Waals surface area contributed by atoms with Crippen LogP contribution in [0.5, 0.6) is 0 Å². The van der Waals surface area contributed by atoms with E-state index in [1.165, 1.54) is 25.3 Å². The number of nitrogens with zero attached hydrogens (tertiary/aromatic N) is 1. The number of rotatable bonds is 3. The van der Waals surface area contributed by atoms with Crippen molar-refractivity contribution in [3.8, 4) is 6.07 Å². The van der Waals surface area contributed by atoms with E-state index in [2.05, 4.69) is 4.74 Å². The van der Waals surface area contributed by atoms with Crippen LogP contribution in [-0.4, -0.2) is 13.1 Å². The van der Waals surface area contributed by atoms with E-state index in [1.54, 1.807) is 0 Å². The first-order valence-corrected chi connectivity index (χ1v) is 4.88. The van der Waals surface area contributed by atoms with Crippen molar-refractivity contribution in [3.05, 3.63) is 34.6 Å². The van der Waals surface area contributed by atoms with Gasteiger partial charge in [-0.15, -0.1) is 0 Å². The summed E-state index contributed by atoms with van der Waals surface area (Å²) in [6.07, 6.45) is -0.215. The molecule has 1 aromatic carbocycles. The summed E-state index contributed by atoms with van der Waals surface area (Å²) in [5.74, 6) is -2.10. The second-order valence-electron chi connectivity index (χ2n) is 3.10. The van der Waals surface area contributed by atoms with Gasteiger partial charge in [0.2, 0.25) is 0 Å². The monoisotopic (exact) mass is 241 g/mol. The molecule has 0 aliphatic carbocycles. The van der Waals surface area contributed by atoms with Gasteiger partial charge in [0, 0.05) is 10.6 Å². The number of hydrogen-bond acceptors (Lipinski definition) is 3. The number of carbonyl (C=O) groups is 1. The van der Waals surface area contributed by atoms with Crippen molar-refractivity contribution in [1.82, 2.24) is 0 Å². The molecule has 0 fully saturated rings. The zero-order valence-electron chi connectivity index (χ0n) is 8.54. The third-order valence-electron chi connectivity index (χ3n) is 2.10. The maximum Gasteiger partial charge on any atom is 0.307 e. The minimum absolute atomic E-state index is 0.0390. The summed E-state index contributed by atoms with van der Waals surface area (Å²) >= 11 is 5.79. The zero-order chi connectivity index (χ0) is 12.1. The van der Waals surface area contributed by atoms with Gasteiger partial charge in [-0.1, -0.05) is 17.7 Å². The molecule has 0 aliphatic heterocycles. The van der Waals surface area contributed by atoms with Gasteiger partial charge in [-0.2, -0.15) is 5.26 Å². The Hall–Kier alpha value is -1.60. The number of methoxy groups -OCH3 is 1. The fourth-order valence-corrected chi connectivity index (χ4v) is 1.60. The number of carbonyl (C=O) groups excluding carboxylic acids is 1. The molecule has 16 heavy (non-hydrogen) atoms. The molecule has 0 saturated carbocycles. The first kappa shape index (κ1) is 12.5. The van der Waals surface area contributed by atoms with Crippen LogP contribution >= 0.6 is 11.6 Å². The van der Waals surface area contributed by atoms with Gasteiger partial charge in [0.05, 0.1) is 25.5 Å². The molecule has 1 atom stereocenters. The molecule has 84 valence electrons. The lowest BCUT2D eigenvalue weighted by Gasteiger charge is -2.10. The summed E-state index contributed by atoms with van der Waals surface area (Å²) < 4.78 is 17.9. The van der Waals surface area contributed by atoms with Crippen LogP contribution < -0.4 is 0 Å². The van der Waals surface area contributed by atoms with Crippen molar-refractivity contribution in [2.24, 2.45) is 0 Å². The molecule has 0 amide bonds. The van der Waals surface area contributed by atoms with Crippen molar-refractivity contribution in [2.45, 2.75) is 12.3 Å². The number of hydrogen-bond donors (Lipinski definition) is 0. The van der Waals surface area contributed by atoms with Crippen molar-refractivity contribution < 1.29 is 13.9 Å². The van der Waals surface area contributed by atoms with E-state index in [4.69, 9.17) is 16.9 Å². The zero-order valence-corrected chi connectivity index (χ0v) is 9.29. The molecule has 1 aromatic rings. The molecule has 0 saturated heterocycles. The Kier molecular flexibility index (Phi) is 4.27. The average Bonchev–Trinajstić information content (AvgIpc) is 2.27. The summed E-state index contributed by atoms with van der Waals surface area (Å²) in [7, 11) is 1.21. The van der Waals surface area contributed by atoms with Gasteiger partial charge in [-0.05, 0) is 12.1 Å². The Labute approximate surface area is 97.4 Å².